The summed E-state index contributed by atoms with van der Waals surface area (Å²) in [5.74, 6) is 0. The minimum atomic E-state index is 0. The molecule has 0 atom stereocenters. The van der Waals surface area contributed by atoms with E-state index in [0.717, 1.165) is 82.0 Å². The van der Waals surface area contributed by atoms with Crippen molar-refractivity contribution in [2.75, 3.05) is 0 Å². The number of benzene rings is 2. The third kappa shape index (κ3) is 11.5. The molecule has 0 aliphatic carbocycles. The van der Waals surface area contributed by atoms with Crippen LogP contribution in [0.4, 0.5) is 0 Å². The summed E-state index contributed by atoms with van der Waals surface area (Å²) in [4.78, 5) is 0. The molecular weight excluding hydrogens is 639 g/mol. The van der Waals surface area contributed by atoms with Gasteiger partial charge in [0.25, 0.3) is 0 Å². The first-order valence-corrected chi connectivity index (χ1v) is 20.7. The Morgan fingerprint density at radius 1 is 0.388 bits per heavy atom. The van der Waals surface area contributed by atoms with Crippen LogP contribution in [0, 0.1) is 0 Å². The number of allylic oxidation sites excluding steroid dienone is 2. The van der Waals surface area contributed by atoms with E-state index in [1.807, 2.05) is 0 Å². The molecule has 1 aliphatic rings. The molecule has 1 heterocycles. The van der Waals surface area contributed by atoms with E-state index in [4.69, 9.17) is 0 Å². The molecule has 0 bridgehead atoms. The predicted octanol–water partition coefficient (Wildman–Crippen LogP) is 14.5. The molecule has 0 fully saturated rings. The van der Waals surface area contributed by atoms with Crippen molar-refractivity contribution in [2.24, 2.45) is 0 Å². The zero-order valence-electron chi connectivity index (χ0n) is 33.1. The number of unbranched alkanes of at least 4 members (excludes halogenated alkanes) is 6. The van der Waals surface area contributed by atoms with Crippen molar-refractivity contribution in [3.05, 3.63) is 85.5 Å². The molecule has 0 saturated carbocycles. The Morgan fingerprint density at radius 2 is 0.735 bits per heavy atom. The van der Waals surface area contributed by atoms with Crippen LogP contribution in [0.25, 0.3) is 16.9 Å². The first-order chi connectivity index (χ1) is 23.4. The van der Waals surface area contributed by atoms with Gasteiger partial charge < -0.3 is 5.53 Å². The number of nitrogens with zero attached hydrogens (tertiary/aromatic N) is 2. The Bertz CT molecular complexity index is 1320. The summed E-state index contributed by atoms with van der Waals surface area (Å²) in [5.41, 5.74) is 29.3. The maximum atomic E-state index is 12.6. The van der Waals surface area contributed by atoms with Crippen LogP contribution in [-0.2, 0) is 55.0 Å². The Labute approximate surface area is 313 Å². The fraction of sp³-hybridized carbons (Fsp3) is 0.652. The summed E-state index contributed by atoms with van der Waals surface area (Å²) in [6.07, 6.45) is 25.6. The van der Waals surface area contributed by atoms with E-state index in [2.05, 4.69) is 79.7 Å². The number of aryl methyl sites for hydroxylation is 4. The van der Waals surface area contributed by atoms with Crippen molar-refractivity contribution in [1.82, 2.24) is 0 Å². The summed E-state index contributed by atoms with van der Waals surface area (Å²) < 4.78 is 1.68. The van der Waals surface area contributed by atoms with E-state index in [1.165, 1.54) is 115 Å². The second kappa shape index (κ2) is 23.5. The molecule has 3 heteroatoms. The molecule has 0 radical (unpaired) electrons. The second-order valence-electron chi connectivity index (χ2n) is 14.6. The molecule has 0 saturated heterocycles. The van der Waals surface area contributed by atoms with Crippen molar-refractivity contribution in [2.45, 2.75) is 197 Å². The molecule has 1 aliphatic heterocycles. The Morgan fingerprint density at radius 3 is 1.14 bits per heavy atom. The second-order valence-corrected chi connectivity index (χ2v) is 14.6. The first-order valence-electron chi connectivity index (χ1n) is 20.7. The summed E-state index contributed by atoms with van der Waals surface area (Å²) in [5, 5.41) is 0. The topological polar surface area (TPSA) is 25.3 Å². The molecule has 276 valence electrons. The van der Waals surface area contributed by atoms with Crippen LogP contribution in [0.15, 0.2) is 35.4 Å². The average Bonchev–Trinajstić information content (AvgIpc) is 3.36. The zero-order valence-corrected chi connectivity index (χ0v) is 34.1. The Kier molecular flexibility index (Phi) is 20.7. The quantitative estimate of drug-likeness (QED) is 0.0589. The van der Waals surface area contributed by atoms with Gasteiger partial charge in [0.2, 0.25) is 11.4 Å². The molecule has 0 spiro atoms. The number of hydrogen-bond donors (Lipinski definition) is 0. The monoisotopic (exact) mass is 711 g/mol. The van der Waals surface area contributed by atoms with E-state index in [9.17, 15) is 5.53 Å². The zero-order chi connectivity index (χ0) is 34.9. The van der Waals surface area contributed by atoms with Crippen LogP contribution in [0.1, 0.15) is 203 Å². The van der Waals surface area contributed by atoms with Gasteiger partial charge in [-0.2, -0.15) is 0 Å². The van der Waals surface area contributed by atoms with Crippen molar-refractivity contribution < 1.29 is 21.2 Å². The van der Waals surface area contributed by atoms with Gasteiger partial charge in [0.05, 0.1) is 0 Å². The maximum absolute atomic E-state index is 12.6. The van der Waals surface area contributed by atoms with E-state index < -0.39 is 0 Å². The number of rotatable bonds is 24. The largest absolute Gasteiger partial charge is 0.493 e. The molecule has 2 aromatic rings. The van der Waals surface area contributed by atoms with Gasteiger partial charge >= 0.3 is 0 Å². The van der Waals surface area contributed by atoms with Gasteiger partial charge in [-0.25, -0.2) is 4.70 Å². The molecular formula is C46H72N2Ni. The van der Waals surface area contributed by atoms with Gasteiger partial charge in [-0.1, -0.05) is 113 Å². The standard InChI is InChI=1S/C46H72N2.Ni/c1-9-17-22-30-44-43(29-21-13-5)45(39-31-35(23-14-6)41(25-16-8)36(32-39)24-15-7)48(47)46(44)40-33-37(26-18-10-2)42(28-20-12-4)38(34-40)27-19-11-3;/h31-34H,9-30H2,1-8H3;. The normalized spacial score (nSPS) is 13.2. The van der Waals surface area contributed by atoms with Gasteiger partial charge in [-0.15, -0.1) is 0 Å². The molecule has 0 unspecified atom stereocenters. The van der Waals surface area contributed by atoms with E-state index in [1.54, 1.807) is 15.8 Å². The smallest absolute Gasteiger partial charge is 0.211 e. The summed E-state index contributed by atoms with van der Waals surface area (Å²) in [7, 11) is 0. The van der Waals surface area contributed by atoms with Crippen molar-refractivity contribution in [3.63, 3.8) is 0 Å². The minimum Gasteiger partial charge on any atom is -0.493 e. The van der Waals surface area contributed by atoms with E-state index in [0.29, 0.717) is 0 Å². The van der Waals surface area contributed by atoms with E-state index >= 15 is 0 Å². The Hall–Kier alpha value is -1.99. The van der Waals surface area contributed by atoms with Crippen LogP contribution >= 0.6 is 0 Å². The van der Waals surface area contributed by atoms with E-state index in [-0.39, 0.29) is 16.5 Å². The minimum absolute atomic E-state index is 0. The maximum Gasteiger partial charge on any atom is 0.211 e. The van der Waals surface area contributed by atoms with Crippen molar-refractivity contribution in [3.8, 4) is 0 Å². The average molecular weight is 712 g/mol. The third-order valence-electron chi connectivity index (χ3n) is 10.5. The summed E-state index contributed by atoms with van der Waals surface area (Å²) >= 11 is 0. The van der Waals surface area contributed by atoms with Crippen LogP contribution in [-0.4, -0.2) is 4.70 Å². The first kappa shape index (κ1) is 43.2. The Balaban J connectivity index is 0.00000833. The third-order valence-corrected chi connectivity index (χ3v) is 10.5. The SMILES string of the molecule is CCCCCC1=C(c2cc(CCCC)c(CCCC)c(CCCC)c2)[N+](=[N-])C(c2cc(CCC)c(CCC)c(CCC)c2)=C1CCCC.[Ni]. The molecule has 3 rings (SSSR count). The van der Waals surface area contributed by atoms with Crippen LogP contribution < -0.4 is 0 Å². The molecule has 0 aromatic heterocycles. The van der Waals surface area contributed by atoms with Crippen LogP contribution in [0.3, 0.4) is 0 Å². The van der Waals surface area contributed by atoms with Crippen molar-refractivity contribution >= 4 is 11.4 Å². The van der Waals surface area contributed by atoms with Crippen molar-refractivity contribution in [1.29, 1.82) is 0 Å². The number of hydrogen-bond acceptors (Lipinski definition) is 0. The van der Waals surface area contributed by atoms with Gasteiger partial charge in [-0.05, 0) is 141 Å². The summed E-state index contributed by atoms with van der Waals surface area (Å²) in [6, 6.07) is 9.95. The van der Waals surface area contributed by atoms with Gasteiger partial charge in [0.15, 0.2) is 0 Å². The molecule has 0 amide bonds. The molecule has 0 N–H and O–H groups in total. The fourth-order valence-electron chi connectivity index (χ4n) is 7.97. The molecule has 2 aromatic carbocycles. The molecule has 49 heavy (non-hydrogen) atoms. The van der Waals surface area contributed by atoms with Crippen LogP contribution in [0.2, 0.25) is 0 Å². The van der Waals surface area contributed by atoms with Gasteiger partial charge in [-0.3, -0.25) is 0 Å². The van der Waals surface area contributed by atoms with Gasteiger partial charge in [0.1, 0.15) is 0 Å². The molecule has 2 nitrogen and oxygen atoms in total. The van der Waals surface area contributed by atoms with Gasteiger partial charge in [0, 0.05) is 38.8 Å². The van der Waals surface area contributed by atoms with Crippen LogP contribution in [0.5, 0.6) is 0 Å². The summed E-state index contributed by atoms with van der Waals surface area (Å²) in [6.45, 7) is 18.5. The predicted molar refractivity (Wildman–Crippen MR) is 212 cm³/mol. The fourth-order valence-corrected chi connectivity index (χ4v) is 7.97.